The van der Waals surface area contributed by atoms with Crippen LogP contribution in [0.5, 0.6) is 0 Å². The van der Waals surface area contributed by atoms with Gasteiger partial charge in [0.05, 0.1) is 8.53 Å². The predicted octanol–water partition coefficient (Wildman–Crippen LogP) is 3.14. The summed E-state index contributed by atoms with van der Waals surface area (Å²) in [5.41, 5.74) is 1.50. The van der Waals surface area contributed by atoms with Gasteiger partial charge in [-0.3, -0.25) is 9.59 Å². The number of rotatable bonds is 7. The van der Waals surface area contributed by atoms with Crippen molar-refractivity contribution < 1.29 is 18.0 Å². The fourth-order valence-electron chi connectivity index (χ4n) is 2.75. The number of sulfonamides is 1. The highest BCUT2D eigenvalue weighted by atomic mass is 127. The molecular formula is C21H19BrIN3O4S. The molecule has 2 aromatic carbocycles. The Bertz CT molecular complexity index is 1210. The fourth-order valence-corrected chi connectivity index (χ4v) is 5.90. The summed E-state index contributed by atoms with van der Waals surface area (Å²) in [7, 11) is -3.87. The van der Waals surface area contributed by atoms with E-state index in [9.17, 15) is 18.0 Å². The van der Waals surface area contributed by atoms with Crippen LogP contribution in [0.3, 0.4) is 0 Å². The van der Waals surface area contributed by atoms with Gasteiger partial charge in [-0.05, 0) is 40.0 Å². The maximum atomic E-state index is 12.3. The molecule has 2 aromatic rings. The van der Waals surface area contributed by atoms with Crippen molar-refractivity contribution in [2.24, 2.45) is 5.14 Å². The maximum Gasteiger partial charge on any atom is 0.251 e. The summed E-state index contributed by atoms with van der Waals surface area (Å²) < 4.78 is 27.6. The monoisotopic (exact) mass is 615 g/mol. The van der Waals surface area contributed by atoms with Gasteiger partial charge in [0, 0.05) is 28.6 Å². The smallest absolute Gasteiger partial charge is 0.251 e. The molecule has 3 rings (SSSR count). The van der Waals surface area contributed by atoms with Crippen LogP contribution in [0.2, 0.25) is 0 Å². The molecule has 10 heteroatoms. The van der Waals surface area contributed by atoms with Gasteiger partial charge in [-0.1, -0.05) is 67.0 Å². The molecule has 31 heavy (non-hydrogen) atoms. The van der Waals surface area contributed by atoms with Crippen molar-refractivity contribution in [1.29, 1.82) is 0 Å². The van der Waals surface area contributed by atoms with Crippen molar-refractivity contribution in [3.8, 4) is 11.1 Å². The number of allylic oxidation sites excluding steroid dienone is 2. The summed E-state index contributed by atoms with van der Waals surface area (Å²) in [6.45, 7) is 0.204. The van der Waals surface area contributed by atoms with E-state index in [1.54, 1.807) is 42.5 Å². The largest absolute Gasteiger partial charge is 0.352 e. The van der Waals surface area contributed by atoms with Crippen LogP contribution in [0.15, 0.2) is 74.1 Å². The fraction of sp³-hybridized carbons (Fsp3) is 0.0952. The Morgan fingerprint density at radius 2 is 1.74 bits per heavy atom. The highest BCUT2D eigenvalue weighted by Gasteiger charge is 2.15. The van der Waals surface area contributed by atoms with E-state index in [1.807, 2.05) is 12.2 Å². The van der Waals surface area contributed by atoms with Crippen LogP contribution in [0.1, 0.15) is 16.8 Å². The van der Waals surface area contributed by atoms with Crippen LogP contribution in [-0.2, 0) is 14.8 Å². The molecule has 0 atom stereocenters. The Labute approximate surface area is 198 Å². The average molecular weight is 616 g/mol. The van der Waals surface area contributed by atoms with Crippen LogP contribution in [0.4, 0.5) is 0 Å². The van der Waals surface area contributed by atoms with Gasteiger partial charge in [0.2, 0.25) is 15.9 Å². The van der Waals surface area contributed by atoms with Gasteiger partial charge in [-0.25, -0.2) is 13.6 Å². The van der Waals surface area contributed by atoms with Gasteiger partial charge < -0.3 is 10.6 Å². The molecule has 0 bridgehead atoms. The van der Waals surface area contributed by atoms with E-state index < -0.39 is 10.0 Å². The van der Waals surface area contributed by atoms with Crippen molar-refractivity contribution >= 4 is 62.1 Å². The first-order chi connectivity index (χ1) is 14.7. The highest BCUT2D eigenvalue weighted by molar-refractivity contribution is 14.2. The number of halogens is 2. The number of carbonyl (C=O) groups excluding carboxylic acids is 2. The highest BCUT2D eigenvalue weighted by Crippen LogP contribution is 2.26. The van der Waals surface area contributed by atoms with Crippen LogP contribution in [0.25, 0.3) is 11.1 Å². The molecule has 0 aliphatic carbocycles. The molecule has 0 saturated carbocycles. The zero-order valence-electron chi connectivity index (χ0n) is 16.1. The zero-order chi connectivity index (χ0) is 22.4. The summed E-state index contributed by atoms with van der Waals surface area (Å²) in [4.78, 5) is 24.4. The summed E-state index contributed by atoms with van der Waals surface area (Å²) in [5.74, 6) is -0.468. The van der Waals surface area contributed by atoms with E-state index in [4.69, 9.17) is 5.14 Å². The molecule has 0 aromatic heterocycles. The van der Waals surface area contributed by atoms with E-state index in [0.29, 0.717) is 16.7 Å². The van der Waals surface area contributed by atoms with E-state index in [-0.39, 0.29) is 50.4 Å². The molecule has 0 radical (unpaired) electrons. The van der Waals surface area contributed by atoms with Gasteiger partial charge in [0.15, 0.2) is 0 Å². The third-order valence-electron chi connectivity index (χ3n) is 4.21. The minimum Gasteiger partial charge on any atom is -0.352 e. The lowest BCUT2D eigenvalue weighted by Gasteiger charge is -2.10. The Balaban J connectivity index is 1.57. The Kier molecular flexibility index (Phi) is 7.92. The number of carbonyl (C=O) groups is 2. The van der Waals surface area contributed by atoms with E-state index >= 15 is 0 Å². The van der Waals surface area contributed by atoms with Crippen LogP contribution < -0.4 is 15.8 Å². The standard InChI is InChI=1S/C21H19BrIN3O4S/c22-16-9-10-19(23-13-16)26-20(27)11-12-25-21(28)15-7-5-14(6-8-15)17-3-1-2-4-18(17)31(24,29)30/h1-10,13H,11-12H2,(H,25,28)(H,26,27)(H2,24,29,30). The summed E-state index contributed by atoms with van der Waals surface area (Å²) in [6.07, 6.45) is 3.92. The Hall–Kier alpha value is -2.15. The van der Waals surface area contributed by atoms with Gasteiger partial charge in [0.1, 0.15) is 0 Å². The molecule has 162 valence electrons. The van der Waals surface area contributed by atoms with Crippen molar-refractivity contribution in [3.63, 3.8) is 0 Å². The topological polar surface area (TPSA) is 118 Å². The molecule has 0 unspecified atom stereocenters. The van der Waals surface area contributed by atoms with Crippen LogP contribution in [0, 0.1) is 0 Å². The first-order valence-electron chi connectivity index (χ1n) is 9.08. The number of amides is 2. The van der Waals surface area contributed by atoms with Crippen LogP contribution >= 0.6 is 36.7 Å². The van der Waals surface area contributed by atoms with Crippen LogP contribution in [-0.4, -0.2) is 30.4 Å². The number of nitrogens with one attached hydrogen (secondary N) is 2. The lowest BCUT2D eigenvalue weighted by atomic mass is 10.0. The van der Waals surface area contributed by atoms with Gasteiger partial charge in [0.25, 0.3) is 5.91 Å². The maximum absolute atomic E-state index is 12.3. The van der Waals surface area contributed by atoms with Crippen molar-refractivity contribution in [1.82, 2.24) is 10.6 Å². The minimum absolute atomic E-state index is 0.0224. The van der Waals surface area contributed by atoms with Crippen molar-refractivity contribution in [2.45, 2.75) is 11.3 Å². The van der Waals surface area contributed by atoms with Crippen molar-refractivity contribution in [3.05, 3.63) is 74.8 Å². The van der Waals surface area contributed by atoms with Gasteiger partial charge in [-0.15, -0.1) is 0 Å². The Morgan fingerprint density at radius 3 is 2.39 bits per heavy atom. The second-order valence-corrected chi connectivity index (χ2v) is 11.3. The molecule has 0 fully saturated rings. The molecular weight excluding hydrogens is 597 g/mol. The first-order valence-corrected chi connectivity index (χ1v) is 13.7. The average Bonchev–Trinajstić information content (AvgIpc) is 2.75. The summed E-state index contributed by atoms with van der Waals surface area (Å²) in [6, 6.07) is 12.9. The molecule has 0 spiro atoms. The second-order valence-electron chi connectivity index (χ2n) is 6.46. The number of benzene rings is 2. The number of hydrogen-bond acceptors (Lipinski definition) is 4. The number of hydrogen-bond donors (Lipinski definition) is 3. The molecule has 1 aliphatic heterocycles. The Morgan fingerprint density at radius 1 is 1.03 bits per heavy atom. The second kappa shape index (κ2) is 10.4. The predicted molar refractivity (Wildman–Crippen MR) is 134 cm³/mol. The lowest BCUT2D eigenvalue weighted by molar-refractivity contribution is -0.119. The third kappa shape index (κ3) is 6.66. The molecule has 2 amide bonds. The number of nitrogens with two attached hydrogens (primary N) is 1. The number of primary sulfonamides is 1. The third-order valence-corrected chi connectivity index (χ3v) is 8.81. The summed E-state index contributed by atoms with van der Waals surface area (Å²) in [5, 5.41) is 10.9. The van der Waals surface area contributed by atoms with E-state index in [2.05, 4.69) is 30.6 Å². The minimum atomic E-state index is -3.87. The molecule has 7 nitrogen and oxygen atoms in total. The van der Waals surface area contributed by atoms with E-state index in [1.165, 1.54) is 6.07 Å². The molecule has 1 heterocycles. The molecule has 0 saturated heterocycles. The van der Waals surface area contributed by atoms with Gasteiger partial charge >= 0.3 is 0 Å². The normalized spacial score (nSPS) is 13.5. The quantitative estimate of drug-likeness (QED) is 0.415. The lowest BCUT2D eigenvalue weighted by Crippen LogP contribution is -2.32. The SMILES string of the molecule is NS(=O)(=O)c1ccccc1-c1ccc(C(=O)NCCC(=O)NC2=IC=C(Br)C=C2)cc1. The summed E-state index contributed by atoms with van der Waals surface area (Å²) >= 11 is 3.02. The molecule has 1 aliphatic rings. The van der Waals surface area contributed by atoms with Gasteiger partial charge in [-0.2, -0.15) is 0 Å². The molecule has 4 N–H and O–H groups in total. The van der Waals surface area contributed by atoms with E-state index in [0.717, 1.165) is 8.12 Å². The zero-order valence-corrected chi connectivity index (χ0v) is 20.7. The first kappa shape index (κ1) is 23.5. The van der Waals surface area contributed by atoms with Crippen molar-refractivity contribution in [2.75, 3.05) is 6.54 Å².